The van der Waals surface area contributed by atoms with Crippen LogP contribution in [0.2, 0.25) is 0 Å². The molecule has 0 amide bonds. The predicted molar refractivity (Wildman–Crippen MR) is 71.6 cm³/mol. The first-order valence-electron chi connectivity index (χ1n) is 7.07. The van der Waals surface area contributed by atoms with Crippen molar-refractivity contribution in [1.29, 1.82) is 0 Å². The molecule has 2 heterocycles. The summed E-state index contributed by atoms with van der Waals surface area (Å²) in [7, 11) is 0. The Labute approximate surface area is 117 Å². The van der Waals surface area contributed by atoms with Crippen LogP contribution in [-0.4, -0.2) is 19.8 Å². The first-order chi connectivity index (χ1) is 9.60. The van der Waals surface area contributed by atoms with E-state index in [1.54, 1.807) is 6.07 Å². The zero-order chi connectivity index (χ0) is 14.2. The summed E-state index contributed by atoms with van der Waals surface area (Å²) in [6, 6.07) is 3.19. The van der Waals surface area contributed by atoms with Crippen LogP contribution in [0.25, 0.3) is 0 Å². The van der Waals surface area contributed by atoms with Gasteiger partial charge >= 0.3 is 0 Å². The summed E-state index contributed by atoms with van der Waals surface area (Å²) in [6.07, 6.45) is 0.102. The molecular weight excluding hydrogens is 264 g/mol. The first kappa shape index (κ1) is 13.6. The summed E-state index contributed by atoms with van der Waals surface area (Å²) in [5.41, 5.74) is 0.275. The van der Waals surface area contributed by atoms with Crippen molar-refractivity contribution < 1.29 is 18.3 Å². The van der Waals surface area contributed by atoms with Gasteiger partial charge in [0.2, 0.25) is 0 Å². The lowest BCUT2D eigenvalue weighted by Crippen LogP contribution is -2.34. The molecule has 1 fully saturated rings. The fourth-order valence-electron chi connectivity index (χ4n) is 3.01. The highest BCUT2D eigenvalue weighted by molar-refractivity contribution is 5.50. The van der Waals surface area contributed by atoms with E-state index in [4.69, 9.17) is 9.47 Å². The minimum Gasteiger partial charge on any atom is -0.490 e. The summed E-state index contributed by atoms with van der Waals surface area (Å²) in [5, 5.41) is 3.34. The lowest BCUT2D eigenvalue weighted by molar-refractivity contribution is 0.147. The summed E-state index contributed by atoms with van der Waals surface area (Å²) in [6.45, 7) is 3.90. The number of alkyl halides is 2. The molecule has 0 aliphatic carbocycles. The first-order valence-corrected chi connectivity index (χ1v) is 7.07. The molecule has 3 nitrogen and oxygen atoms in total. The fraction of sp³-hybridized carbons (Fsp3) is 0.600. The van der Waals surface area contributed by atoms with E-state index in [9.17, 15) is 8.78 Å². The Bertz CT molecular complexity index is 499. The maximum absolute atomic E-state index is 13.4. The van der Waals surface area contributed by atoms with E-state index >= 15 is 0 Å². The van der Waals surface area contributed by atoms with E-state index in [1.165, 1.54) is 6.07 Å². The van der Waals surface area contributed by atoms with Crippen LogP contribution in [-0.2, 0) is 5.54 Å². The average Bonchev–Trinajstić information content (AvgIpc) is 2.74. The normalized spacial score (nSPS) is 25.8. The molecule has 1 N–H and O–H groups in total. The summed E-state index contributed by atoms with van der Waals surface area (Å²) < 4.78 is 37.9. The van der Waals surface area contributed by atoms with Crippen molar-refractivity contribution in [1.82, 2.24) is 5.32 Å². The molecule has 5 heteroatoms. The lowest BCUT2D eigenvalue weighted by Gasteiger charge is -2.28. The standard InChI is InChI=1S/C15H19F2NO2/c1-15(4-2-5-18-15)11-9-13-12(8-10(11)14(16)17)19-6-3-7-20-13/h8-9,14,18H,2-7H2,1H3. The topological polar surface area (TPSA) is 30.5 Å². The monoisotopic (exact) mass is 283 g/mol. The van der Waals surface area contributed by atoms with Crippen LogP contribution in [0.5, 0.6) is 11.5 Å². The van der Waals surface area contributed by atoms with Gasteiger partial charge in [0.15, 0.2) is 11.5 Å². The second kappa shape index (κ2) is 5.20. The zero-order valence-corrected chi connectivity index (χ0v) is 11.5. The third-order valence-electron chi connectivity index (χ3n) is 4.12. The number of hydrogen-bond donors (Lipinski definition) is 1. The van der Waals surface area contributed by atoms with Crippen LogP contribution in [0.15, 0.2) is 12.1 Å². The molecule has 20 heavy (non-hydrogen) atoms. The summed E-state index contributed by atoms with van der Waals surface area (Å²) in [5.74, 6) is 1.01. The van der Waals surface area contributed by atoms with Crippen molar-refractivity contribution in [2.24, 2.45) is 0 Å². The van der Waals surface area contributed by atoms with E-state index in [0.29, 0.717) is 30.3 Å². The Kier molecular flexibility index (Phi) is 3.54. The van der Waals surface area contributed by atoms with Crippen molar-refractivity contribution in [2.45, 2.75) is 38.2 Å². The van der Waals surface area contributed by atoms with Crippen LogP contribution >= 0.6 is 0 Å². The Hall–Kier alpha value is -1.36. The van der Waals surface area contributed by atoms with Crippen LogP contribution < -0.4 is 14.8 Å². The van der Waals surface area contributed by atoms with Gasteiger partial charge in [0.05, 0.1) is 13.2 Å². The highest BCUT2D eigenvalue weighted by Gasteiger charge is 2.35. The Balaban J connectivity index is 2.09. The van der Waals surface area contributed by atoms with Gasteiger partial charge in [-0.3, -0.25) is 0 Å². The Morgan fingerprint density at radius 2 is 1.85 bits per heavy atom. The largest absolute Gasteiger partial charge is 0.490 e. The van der Waals surface area contributed by atoms with Crippen molar-refractivity contribution >= 4 is 0 Å². The number of ether oxygens (including phenoxy) is 2. The quantitative estimate of drug-likeness (QED) is 0.902. The second-order valence-electron chi connectivity index (χ2n) is 5.60. The Morgan fingerprint density at radius 3 is 2.45 bits per heavy atom. The molecule has 1 atom stereocenters. The number of benzene rings is 1. The van der Waals surface area contributed by atoms with E-state index in [2.05, 4.69) is 5.32 Å². The molecule has 1 unspecified atom stereocenters. The molecule has 0 radical (unpaired) electrons. The molecule has 0 aromatic heterocycles. The molecule has 0 bridgehead atoms. The van der Waals surface area contributed by atoms with Gasteiger partial charge in [-0.2, -0.15) is 0 Å². The number of fused-ring (bicyclic) bond motifs is 1. The van der Waals surface area contributed by atoms with Crippen LogP contribution in [0, 0.1) is 0 Å². The molecule has 2 aliphatic heterocycles. The molecule has 3 rings (SSSR count). The predicted octanol–water partition coefficient (Wildman–Crippen LogP) is 3.38. The Morgan fingerprint density at radius 1 is 1.15 bits per heavy atom. The van der Waals surface area contributed by atoms with Gasteiger partial charge in [-0.05, 0) is 44.0 Å². The molecule has 1 aromatic carbocycles. The highest BCUT2D eigenvalue weighted by atomic mass is 19.3. The number of halogens is 2. The molecule has 1 aromatic rings. The number of nitrogens with one attached hydrogen (secondary N) is 1. The van der Waals surface area contributed by atoms with Gasteiger partial charge in [-0.1, -0.05) is 0 Å². The number of hydrogen-bond acceptors (Lipinski definition) is 3. The van der Waals surface area contributed by atoms with Crippen molar-refractivity contribution in [3.63, 3.8) is 0 Å². The van der Waals surface area contributed by atoms with E-state index in [0.717, 1.165) is 25.8 Å². The van der Waals surface area contributed by atoms with Crippen molar-refractivity contribution in [3.05, 3.63) is 23.3 Å². The lowest BCUT2D eigenvalue weighted by atomic mass is 9.86. The summed E-state index contributed by atoms with van der Waals surface area (Å²) in [4.78, 5) is 0. The second-order valence-corrected chi connectivity index (χ2v) is 5.60. The SMILES string of the molecule is CC1(c2cc3c(cc2C(F)F)OCCCO3)CCCN1. The molecular formula is C15H19F2NO2. The van der Waals surface area contributed by atoms with Gasteiger partial charge in [0.1, 0.15) is 0 Å². The minimum atomic E-state index is -2.51. The average molecular weight is 283 g/mol. The molecule has 0 saturated carbocycles. The number of rotatable bonds is 2. The van der Waals surface area contributed by atoms with E-state index in [-0.39, 0.29) is 5.56 Å². The molecule has 110 valence electrons. The van der Waals surface area contributed by atoms with Gasteiger partial charge in [-0.25, -0.2) is 8.78 Å². The maximum atomic E-state index is 13.4. The minimum absolute atomic E-state index is 0.0474. The molecule has 0 spiro atoms. The van der Waals surface area contributed by atoms with Gasteiger partial charge in [0, 0.05) is 17.5 Å². The fourth-order valence-corrected chi connectivity index (χ4v) is 3.01. The van der Waals surface area contributed by atoms with Crippen molar-refractivity contribution in [2.75, 3.05) is 19.8 Å². The molecule has 2 aliphatic rings. The van der Waals surface area contributed by atoms with Gasteiger partial charge in [0.25, 0.3) is 6.43 Å². The van der Waals surface area contributed by atoms with Gasteiger partial charge < -0.3 is 14.8 Å². The van der Waals surface area contributed by atoms with Crippen LogP contribution in [0.3, 0.4) is 0 Å². The summed E-state index contributed by atoms with van der Waals surface area (Å²) >= 11 is 0. The van der Waals surface area contributed by atoms with Gasteiger partial charge in [-0.15, -0.1) is 0 Å². The highest BCUT2D eigenvalue weighted by Crippen LogP contribution is 2.43. The van der Waals surface area contributed by atoms with Crippen LogP contribution in [0.1, 0.15) is 43.7 Å². The van der Waals surface area contributed by atoms with Crippen LogP contribution in [0.4, 0.5) is 8.78 Å². The third-order valence-corrected chi connectivity index (χ3v) is 4.12. The zero-order valence-electron chi connectivity index (χ0n) is 11.5. The third kappa shape index (κ3) is 2.35. The van der Waals surface area contributed by atoms with E-state index < -0.39 is 12.0 Å². The molecule has 1 saturated heterocycles. The van der Waals surface area contributed by atoms with E-state index in [1.807, 2.05) is 6.92 Å². The smallest absolute Gasteiger partial charge is 0.264 e. The van der Waals surface area contributed by atoms with Crippen molar-refractivity contribution in [3.8, 4) is 11.5 Å². The maximum Gasteiger partial charge on any atom is 0.264 e.